The summed E-state index contributed by atoms with van der Waals surface area (Å²) in [6, 6.07) is -0.163. The summed E-state index contributed by atoms with van der Waals surface area (Å²) in [5.74, 6) is -1.98. The van der Waals surface area contributed by atoms with Gasteiger partial charge in [0, 0.05) is 18.3 Å². The number of hydrogen-bond donors (Lipinski definition) is 2. The third kappa shape index (κ3) is 3.48. The van der Waals surface area contributed by atoms with E-state index in [0.717, 1.165) is 30.6 Å². The van der Waals surface area contributed by atoms with Crippen LogP contribution < -0.4 is 5.32 Å². The third-order valence-electron chi connectivity index (χ3n) is 4.55. The zero-order chi connectivity index (χ0) is 16.3. The minimum atomic E-state index is -0.859. The normalized spacial score (nSPS) is 23.0. The van der Waals surface area contributed by atoms with E-state index >= 15 is 0 Å². The molecule has 0 unspecified atom stereocenters. The molecule has 0 aliphatic heterocycles. The molecule has 1 aromatic rings. The molecule has 2 N–H and O–H groups in total. The zero-order valence-corrected chi connectivity index (χ0v) is 13.5. The number of nitrogens with one attached hydrogen (secondary N) is 1. The molecule has 1 aliphatic rings. The molecule has 0 radical (unpaired) electrons. The first-order valence-electron chi connectivity index (χ1n) is 8.01. The van der Waals surface area contributed by atoms with Crippen LogP contribution in [0.3, 0.4) is 0 Å². The molecular weight excluding hydrogens is 282 g/mol. The fourth-order valence-electron chi connectivity index (χ4n) is 3.26. The molecule has 3 atom stereocenters. The van der Waals surface area contributed by atoms with E-state index in [9.17, 15) is 14.7 Å². The van der Waals surface area contributed by atoms with Crippen molar-refractivity contribution in [3.05, 3.63) is 17.5 Å². The van der Waals surface area contributed by atoms with Crippen LogP contribution >= 0.6 is 0 Å². The highest BCUT2D eigenvalue weighted by Crippen LogP contribution is 2.31. The maximum Gasteiger partial charge on any atom is 0.307 e. The van der Waals surface area contributed by atoms with Gasteiger partial charge >= 0.3 is 5.97 Å². The molecule has 2 rings (SSSR count). The van der Waals surface area contributed by atoms with Crippen molar-refractivity contribution in [3.8, 4) is 0 Å². The van der Waals surface area contributed by atoms with Crippen LogP contribution in [0.4, 0.5) is 0 Å². The number of aromatic nitrogens is 2. The molecule has 1 saturated carbocycles. The lowest BCUT2D eigenvalue weighted by molar-refractivity contribution is -0.149. The number of carboxylic acids is 1. The van der Waals surface area contributed by atoms with E-state index in [-0.39, 0.29) is 11.9 Å². The Hall–Kier alpha value is -1.85. The minimum Gasteiger partial charge on any atom is -0.481 e. The summed E-state index contributed by atoms with van der Waals surface area (Å²) in [6.07, 6.45) is 4.99. The Bertz CT molecular complexity index is 553. The van der Waals surface area contributed by atoms with Crippen LogP contribution in [0.25, 0.3) is 0 Å². The van der Waals surface area contributed by atoms with Gasteiger partial charge in [0.2, 0.25) is 5.91 Å². The minimum absolute atomic E-state index is 0.150. The topological polar surface area (TPSA) is 84.2 Å². The Balaban J connectivity index is 2.06. The number of carboxylic acid groups (broad SMARTS) is 1. The summed E-state index contributed by atoms with van der Waals surface area (Å²) in [5.41, 5.74) is 1.88. The van der Waals surface area contributed by atoms with E-state index in [1.165, 1.54) is 0 Å². The lowest BCUT2D eigenvalue weighted by Crippen LogP contribution is -2.40. The van der Waals surface area contributed by atoms with Crippen LogP contribution in [0, 0.1) is 18.8 Å². The molecule has 6 heteroatoms. The van der Waals surface area contributed by atoms with E-state index in [2.05, 4.69) is 10.4 Å². The monoisotopic (exact) mass is 307 g/mol. The highest BCUT2D eigenvalue weighted by Gasteiger charge is 2.36. The maximum atomic E-state index is 12.5. The molecule has 1 heterocycles. The van der Waals surface area contributed by atoms with Crippen LogP contribution in [0.15, 0.2) is 6.20 Å². The van der Waals surface area contributed by atoms with Crippen LogP contribution in [0.1, 0.15) is 56.8 Å². The van der Waals surface area contributed by atoms with Gasteiger partial charge < -0.3 is 10.4 Å². The molecule has 0 aromatic carbocycles. The van der Waals surface area contributed by atoms with Crippen molar-refractivity contribution in [3.63, 3.8) is 0 Å². The number of carbonyl (C=O) groups excluding carboxylic acids is 1. The molecule has 0 saturated heterocycles. The van der Waals surface area contributed by atoms with Crippen LogP contribution in [0.2, 0.25) is 0 Å². The molecular formula is C16H25N3O3. The first kappa shape index (κ1) is 16.5. The van der Waals surface area contributed by atoms with E-state index in [4.69, 9.17) is 0 Å². The smallest absolute Gasteiger partial charge is 0.307 e. The van der Waals surface area contributed by atoms with Crippen LogP contribution in [-0.2, 0) is 16.1 Å². The van der Waals surface area contributed by atoms with Gasteiger partial charge in [-0.15, -0.1) is 0 Å². The number of aliphatic carboxylic acids is 1. The summed E-state index contributed by atoms with van der Waals surface area (Å²) < 4.78 is 1.84. The second-order valence-electron chi connectivity index (χ2n) is 6.09. The van der Waals surface area contributed by atoms with Crippen molar-refractivity contribution in [2.75, 3.05) is 0 Å². The van der Waals surface area contributed by atoms with Gasteiger partial charge in [0.15, 0.2) is 0 Å². The second-order valence-corrected chi connectivity index (χ2v) is 6.09. The second kappa shape index (κ2) is 6.94. The molecule has 122 valence electrons. The average Bonchev–Trinajstić information content (AvgIpc) is 2.88. The van der Waals surface area contributed by atoms with Gasteiger partial charge in [-0.1, -0.05) is 12.8 Å². The zero-order valence-electron chi connectivity index (χ0n) is 13.5. The predicted molar refractivity (Wildman–Crippen MR) is 82.3 cm³/mol. The van der Waals surface area contributed by atoms with E-state index in [1.807, 2.05) is 31.6 Å². The molecule has 1 aliphatic carbocycles. The van der Waals surface area contributed by atoms with Crippen molar-refractivity contribution < 1.29 is 14.7 Å². The van der Waals surface area contributed by atoms with Gasteiger partial charge in [0.05, 0.1) is 23.6 Å². The van der Waals surface area contributed by atoms with Crippen molar-refractivity contribution in [1.82, 2.24) is 15.1 Å². The predicted octanol–water partition coefficient (Wildman–Crippen LogP) is 2.28. The molecule has 1 aromatic heterocycles. The first-order chi connectivity index (χ1) is 10.4. The fraction of sp³-hybridized carbons (Fsp3) is 0.688. The number of hydrogen-bond acceptors (Lipinski definition) is 3. The number of amides is 1. The quantitative estimate of drug-likeness (QED) is 0.874. The Morgan fingerprint density at radius 2 is 2.05 bits per heavy atom. The number of rotatable bonds is 5. The standard InChI is InChI=1S/C16H25N3O3/c1-4-19-9-14(11(3)18-19)10(2)17-15(20)12-7-5-6-8-13(12)16(21)22/h9-10,12-13H,4-8H2,1-3H3,(H,17,20)(H,21,22)/t10-,12-,13-/m0/s1. The van der Waals surface area contributed by atoms with Crippen LogP contribution in [-0.4, -0.2) is 26.8 Å². The highest BCUT2D eigenvalue weighted by molar-refractivity contribution is 5.85. The van der Waals surface area contributed by atoms with Crippen molar-refractivity contribution in [1.29, 1.82) is 0 Å². The summed E-state index contributed by atoms with van der Waals surface area (Å²) >= 11 is 0. The molecule has 1 amide bonds. The Morgan fingerprint density at radius 3 is 2.59 bits per heavy atom. The molecule has 6 nitrogen and oxygen atoms in total. The van der Waals surface area contributed by atoms with Crippen LogP contribution in [0.5, 0.6) is 0 Å². The van der Waals surface area contributed by atoms with Gasteiger partial charge in [-0.2, -0.15) is 5.10 Å². The Labute approximate surface area is 130 Å². The Kier molecular flexibility index (Phi) is 5.21. The average molecular weight is 307 g/mol. The summed E-state index contributed by atoms with van der Waals surface area (Å²) in [5, 5.41) is 16.7. The molecule has 0 spiro atoms. The summed E-state index contributed by atoms with van der Waals surface area (Å²) in [4.78, 5) is 23.8. The maximum absolute atomic E-state index is 12.5. The van der Waals surface area contributed by atoms with Crippen molar-refractivity contribution >= 4 is 11.9 Å². The SMILES string of the molecule is CCn1cc([C@H](C)NC(=O)[C@H]2CCCC[C@@H]2C(=O)O)c(C)n1. The fourth-order valence-corrected chi connectivity index (χ4v) is 3.26. The third-order valence-corrected chi connectivity index (χ3v) is 4.55. The van der Waals surface area contributed by atoms with Crippen molar-refractivity contribution in [2.45, 2.75) is 59.0 Å². The highest BCUT2D eigenvalue weighted by atomic mass is 16.4. The van der Waals surface area contributed by atoms with Gasteiger partial charge in [0.25, 0.3) is 0 Å². The number of aryl methyl sites for hydroxylation is 2. The van der Waals surface area contributed by atoms with Gasteiger partial charge in [0.1, 0.15) is 0 Å². The largest absolute Gasteiger partial charge is 0.481 e. The van der Waals surface area contributed by atoms with Gasteiger partial charge in [-0.25, -0.2) is 0 Å². The number of nitrogens with zero attached hydrogens (tertiary/aromatic N) is 2. The summed E-state index contributed by atoms with van der Waals surface area (Å²) in [6.45, 7) is 6.63. The van der Waals surface area contributed by atoms with E-state index < -0.39 is 17.8 Å². The number of carbonyl (C=O) groups is 2. The van der Waals surface area contributed by atoms with E-state index in [0.29, 0.717) is 12.8 Å². The molecule has 22 heavy (non-hydrogen) atoms. The van der Waals surface area contributed by atoms with Crippen molar-refractivity contribution in [2.24, 2.45) is 11.8 Å². The summed E-state index contributed by atoms with van der Waals surface area (Å²) in [7, 11) is 0. The molecule has 1 fully saturated rings. The molecule has 0 bridgehead atoms. The van der Waals surface area contributed by atoms with Gasteiger partial charge in [-0.05, 0) is 33.6 Å². The first-order valence-corrected chi connectivity index (χ1v) is 8.01. The van der Waals surface area contributed by atoms with Gasteiger partial charge in [-0.3, -0.25) is 14.3 Å². The lowest BCUT2D eigenvalue weighted by Gasteiger charge is -2.28. The Morgan fingerprint density at radius 1 is 1.41 bits per heavy atom. The lowest BCUT2D eigenvalue weighted by atomic mass is 9.78. The van der Waals surface area contributed by atoms with E-state index in [1.54, 1.807) is 0 Å².